The monoisotopic (exact) mass is 185 g/mol. The minimum atomic E-state index is -0.803. The van der Waals surface area contributed by atoms with Crippen LogP contribution in [-0.2, 0) is 9.53 Å². The van der Waals surface area contributed by atoms with E-state index in [1.54, 1.807) is 0 Å². The van der Waals surface area contributed by atoms with Gasteiger partial charge in [-0.1, -0.05) is 6.42 Å². The molecule has 0 amide bonds. The highest BCUT2D eigenvalue weighted by Crippen LogP contribution is 2.32. The van der Waals surface area contributed by atoms with Crippen LogP contribution in [0.3, 0.4) is 0 Å². The lowest BCUT2D eigenvalue weighted by atomic mass is 9.92. The summed E-state index contributed by atoms with van der Waals surface area (Å²) < 4.78 is 5.56. The molecule has 74 valence electrons. The summed E-state index contributed by atoms with van der Waals surface area (Å²) in [5, 5.41) is 11.9. The Kier molecular flexibility index (Phi) is 2.26. The third-order valence-corrected chi connectivity index (χ3v) is 2.92. The fourth-order valence-electron chi connectivity index (χ4n) is 2.19. The van der Waals surface area contributed by atoms with Crippen molar-refractivity contribution in [3.05, 3.63) is 0 Å². The quantitative estimate of drug-likeness (QED) is 0.632. The van der Waals surface area contributed by atoms with E-state index >= 15 is 0 Å². The minimum Gasteiger partial charge on any atom is -0.480 e. The van der Waals surface area contributed by atoms with Crippen LogP contribution in [0.1, 0.15) is 32.1 Å². The van der Waals surface area contributed by atoms with Crippen LogP contribution in [0.4, 0.5) is 0 Å². The van der Waals surface area contributed by atoms with Gasteiger partial charge in [-0.2, -0.15) is 0 Å². The maximum Gasteiger partial charge on any atom is 0.323 e. The lowest BCUT2D eigenvalue weighted by Crippen LogP contribution is -2.47. The van der Waals surface area contributed by atoms with Gasteiger partial charge in [-0.3, -0.25) is 10.1 Å². The zero-order valence-electron chi connectivity index (χ0n) is 7.58. The Morgan fingerprint density at radius 1 is 1.38 bits per heavy atom. The summed E-state index contributed by atoms with van der Waals surface area (Å²) in [7, 11) is 0. The van der Waals surface area contributed by atoms with Crippen molar-refractivity contribution in [2.45, 2.75) is 43.9 Å². The van der Waals surface area contributed by atoms with E-state index in [1.807, 2.05) is 0 Å². The number of hydrogen-bond acceptors (Lipinski definition) is 3. The molecule has 1 atom stereocenters. The van der Waals surface area contributed by atoms with E-state index in [0.717, 1.165) is 25.7 Å². The zero-order valence-corrected chi connectivity index (χ0v) is 7.58. The number of carbonyl (C=O) groups is 1. The summed E-state index contributed by atoms with van der Waals surface area (Å²) >= 11 is 0. The molecule has 2 aliphatic rings. The number of rotatable bonds is 1. The van der Waals surface area contributed by atoms with Gasteiger partial charge in [-0.25, -0.2) is 0 Å². The molecule has 2 rings (SSSR count). The highest BCUT2D eigenvalue weighted by atomic mass is 16.5. The minimum absolute atomic E-state index is 0.304. The maximum atomic E-state index is 10.7. The van der Waals surface area contributed by atoms with Crippen molar-refractivity contribution < 1.29 is 14.6 Å². The molecule has 2 fully saturated rings. The SMILES string of the molecule is O=C(O)C1COC2(CCCCC2)N1. The topological polar surface area (TPSA) is 58.6 Å². The van der Waals surface area contributed by atoms with Crippen LogP contribution in [0.25, 0.3) is 0 Å². The van der Waals surface area contributed by atoms with Gasteiger partial charge in [0.1, 0.15) is 11.8 Å². The standard InChI is InChI=1S/C9H15NO3/c11-8(12)7-6-13-9(10-7)4-2-1-3-5-9/h7,10H,1-6H2,(H,11,12). The highest BCUT2D eigenvalue weighted by molar-refractivity contribution is 5.74. The summed E-state index contributed by atoms with van der Waals surface area (Å²) in [5.74, 6) is -0.803. The van der Waals surface area contributed by atoms with E-state index in [9.17, 15) is 4.79 Å². The summed E-state index contributed by atoms with van der Waals surface area (Å²) in [5.41, 5.74) is -0.304. The van der Waals surface area contributed by atoms with Gasteiger partial charge in [0.05, 0.1) is 6.61 Å². The maximum absolute atomic E-state index is 10.7. The molecule has 4 nitrogen and oxygen atoms in total. The number of hydrogen-bond donors (Lipinski definition) is 2. The first kappa shape index (κ1) is 8.97. The highest BCUT2D eigenvalue weighted by Gasteiger charge is 2.42. The van der Waals surface area contributed by atoms with Crippen molar-refractivity contribution in [2.75, 3.05) is 6.61 Å². The smallest absolute Gasteiger partial charge is 0.323 e. The van der Waals surface area contributed by atoms with Gasteiger partial charge in [0.2, 0.25) is 0 Å². The number of carboxylic acids is 1. The summed E-state index contributed by atoms with van der Waals surface area (Å²) in [4.78, 5) is 10.7. The van der Waals surface area contributed by atoms with Gasteiger partial charge < -0.3 is 9.84 Å². The second kappa shape index (κ2) is 3.27. The Morgan fingerprint density at radius 2 is 2.08 bits per heavy atom. The van der Waals surface area contributed by atoms with Crippen LogP contribution in [-0.4, -0.2) is 29.4 Å². The lowest BCUT2D eigenvalue weighted by molar-refractivity contribution is -0.139. The molecule has 2 N–H and O–H groups in total. The normalized spacial score (nSPS) is 32.2. The van der Waals surface area contributed by atoms with E-state index in [-0.39, 0.29) is 5.72 Å². The van der Waals surface area contributed by atoms with E-state index in [1.165, 1.54) is 6.42 Å². The van der Waals surface area contributed by atoms with Gasteiger partial charge in [-0.05, 0) is 25.7 Å². The van der Waals surface area contributed by atoms with Crippen LogP contribution >= 0.6 is 0 Å². The average Bonchev–Trinajstić information content (AvgIpc) is 2.51. The first-order valence-electron chi connectivity index (χ1n) is 4.86. The Bertz CT molecular complexity index is 211. The molecular weight excluding hydrogens is 170 g/mol. The third-order valence-electron chi connectivity index (χ3n) is 2.92. The Hall–Kier alpha value is -0.610. The van der Waals surface area contributed by atoms with Gasteiger partial charge in [0.25, 0.3) is 0 Å². The lowest BCUT2D eigenvalue weighted by Gasteiger charge is -2.32. The van der Waals surface area contributed by atoms with Crippen LogP contribution in [0.2, 0.25) is 0 Å². The number of ether oxygens (including phenoxy) is 1. The molecular formula is C9H15NO3. The third kappa shape index (κ3) is 1.69. The van der Waals surface area contributed by atoms with Crippen molar-refractivity contribution >= 4 is 5.97 Å². The second-order valence-corrected chi connectivity index (χ2v) is 3.90. The molecule has 0 aromatic carbocycles. The molecule has 1 spiro atoms. The van der Waals surface area contributed by atoms with Crippen molar-refractivity contribution in [1.29, 1.82) is 0 Å². The molecule has 4 heteroatoms. The van der Waals surface area contributed by atoms with E-state index < -0.39 is 12.0 Å². The molecule has 1 saturated heterocycles. The summed E-state index contributed by atoms with van der Waals surface area (Å²) in [6.07, 6.45) is 5.43. The molecule has 0 radical (unpaired) electrons. The fraction of sp³-hybridized carbons (Fsp3) is 0.889. The summed E-state index contributed by atoms with van der Waals surface area (Å²) in [6, 6.07) is -0.502. The number of nitrogens with one attached hydrogen (secondary N) is 1. The predicted octanol–water partition coefficient (Wildman–Crippen LogP) is 0.720. The largest absolute Gasteiger partial charge is 0.480 e. The molecule has 1 saturated carbocycles. The van der Waals surface area contributed by atoms with Gasteiger partial charge in [0, 0.05) is 0 Å². The van der Waals surface area contributed by atoms with Crippen molar-refractivity contribution in [3.63, 3.8) is 0 Å². The van der Waals surface area contributed by atoms with E-state index in [0.29, 0.717) is 6.61 Å². The predicted molar refractivity (Wildman–Crippen MR) is 46.3 cm³/mol. The van der Waals surface area contributed by atoms with Crippen molar-refractivity contribution in [2.24, 2.45) is 0 Å². The summed E-state index contributed by atoms with van der Waals surface area (Å²) in [6.45, 7) is 0.315. The van der Waals surface area contributed by atoms with Gasteiger partial charge in [0.15, 0.2) is 0 Å². The van der Waals surface area contributed by atoms with E-state index in [2.05, 4.69) is 5.32 Å². The second-order valence-electron chi connectivity index (χ2n) is 3.90. The fourth-order valence-corrected chi connectivity index (χ4v) is 2.19. The van der Waals surface area contributed by atoms with Crippen molar-refractivity contribution in [1.82, 2.24) is 5.32 Å². The van der Waals surface area contributed by atoms with E-state index in [4.69, 9.17) is 9.84 Å². The molecule has 1 heterocycles. The van der Waals surface area contributed by atoms with Crippen LogP contribution in [0, 0.1) is 0 Å². The number of aliphatic carboxylic acids is 1. The Labute approximate surface area is 77.3 Å². The molecule has 0 bridgehead atoms. The molecule has 1 unspecified atom stereocenters. The molecule has 1 aliphatic carbocycles. The van der Waals surface area contributed by atoms with Gasteiger partial charge >= 0.3 is 5.97 Å². The Morgan fingerprint density at radius 3 is 2.62 bits per heavy atom. The van der Waals surface area contributed by atoms with Gasteiger partial charge in [-0.15, -0.1) is 0 Å². The molecule has 0 aromatic heterocycles. The number of carboxylic acid groups (broad SMARTS) is 1. The average molecular weight is 185 g/mol. The van der Waals surface area contributed by atoms with Crippen LogP contribution < -0.4 is 5.32 Å². The first-order valence-corrected chi connectivity index (χ1v) is 4.86. The van der Waals surface area contributed by atoms with Crippen LogP contribution in [0.15, 0.2) is 0 Å². The van der Waals surface area contributed by atoms with Crippen LogP contribution in [0.5, 0.6) is 0 Å². The first-order chi connectivity index (χ1) is 6.22. The molecule has 1 aliphatic heterocycles. The zero-order chi connectivity index (χ0) is 9.31. The van der Waals surface area contributed by atoms with Crippen molar-refractivity contribution in [3.8, 4) is 0 Å². The molecule has 0 aromatic rings. The molecule has 13 heavy (non-hydrogen) atoms. The Balaban J connectivity index is 1.98.